The van der Waals surface area contributed by atoms with Gasteiger partial charge in [0.25, 0.3) is 0 Å². The van der Waals surface area contributed by atoms with E-state index in [1.54, 1.807) is 18.4 Å². The summed E-state index contributed by atoms with van der Waals surface area (Å²) in [5.41, 5.74) is 0.984. The largest absolute Gasteiger partial charge is 0.496 e. The molecule has 7 heteroatoms. The molecule has 1 N–H and O–H groups in total. The maximum atomic E-state index is 12.5. The summed E-state index contributed by atoms with van der Waals surface area (Å²) in [5.74, 6) is 1.19. The second-order valence-electron chi connectivity index (χ2n) is 7.69. The van der Waals surface area contributed by atoms with Gasteiger partial charge in [0, 0.05) is 25.0 Å². The van der Waals surface area contributed by atoms with Crippen LogP contribution in [-0.4, -0.2) is 47.4 Å². The van der Waals surface area contributed by atoms with E-state index in [-0.39, 0.29) is 6.03 Å². The molecule has 0 spiro atoms. The Morgan fingerprint density at radius 3 is 2.61 bits per heavy atom. The van der Waals surface area contributed by atoms with Gasteiger partial charge in [-0.25, -0.2) is 4.79 Å². The van der Waals surface area contributed by atoms with Gasteiger partial charge in [-0.3, -0.25) is 0 Å². The normalized spacial score (nSPS) is 18.8. The van der Waals surface area contributed by atoms with Crippen LogP contribution in [0.15, 0.2) is 24.3 Å². The third-order valence-electron chi connectivity index (χ3n) is 5.84. The molecule has 6 nitrogen and oxygen atoms in total. The number of hydrogen-bond acceptors (Lipinski definition) is 5. The molecule has 1 saturated heterocycles. The first-order valence-corrected chi connectivity index (χ1v) is 11.1. The Bertz CT molecular complexity index is 795. The van der Waals surface area contributed by atoms with Crippen molar-refractivity contribution in [1.82, 2.24) is 20.4 Å². The lowest BCUT2D eigenvalue weighted by Crippen LogP contribution is -2.48. The van der Waals surface area contributed by atoms with Gasteiger partial charge < -0.3 is 15.0 Å². The first-order valence-electron chi connectivity index (χ1n) is 10.3. The van der Waals surface area contributed by atoms with Crippen LogP contribution in [0, 0.1) is 0 Å². The lowest BCUT2D eigenvalue weighted by atomic mass is 9.95. The van der Waals surface area contributed by atoms with E-state index in [9.17, 15) is 4.79 Å². The van der Waals surface area contributed by atoms with Crippen molar-refractivity contribution in [2.24, 2.45) is 0 Å². The molecule has 1 saturated carbocycles. The van der Waals surface area contributed by atoms with Gasteiger partial charge in [-0.15, -0.1) is 10.2 Å². The van der Waals surface area contributed by atoms with Crippen molar-refractivity contribution in [1.29, 1.82) is 0 Å². The monoisotopic (exact) mass is 400 g/mol. The highest BCUT2D eigenvalue weighted by Crippen LogP contribution is 2.36. The topological polar surface area (TPSA) is 67.4 Å². The van der Waals surface area contributed by atoms with Gasteiger partial charge in [0.15, 0.2) is 5.01 Å². The van der Waals surface area contributed by atoms with Crippen LogP contribution in [0.2, 0.25) is 0 Å². The molecule has 0 atom stereocenters. The first kappa shape index (κ1) is 19.2. The van der Waals surface area contributed by atoms with Gasteiger partial charge in [0.2, 0.25) is 0 Å². The summed E-state index contributed by atoms with van der Waals surface area (Å²) in [4.78, 5) is 14.5. The number of amides is 2. The second kappa shape index (κ2) is 8.90. The van der Waals surface area contributed by atoms with Crippen LogP contribution in [-0.2, 0) is 0 Å². The Hall–Kier alpha value is -2.15. The molecule has 2 aliphatic rings. The third-order valence-corrected chi connectivity index (χ3v) is 6.96. The van der Waals surface area contributed by atoms with Crippen molar-refractivity contribution in [3.63, 3.8) is 0 Å². The van der Waals surface area contributed by atoms with Crippen molar-refractivity contribution < 1.29 is 9.53 Å². The Morgan fingerprint density at radius 1 is 1.11 bits per heavy atom. The molecule has 1 aliphatic heterocycles. The zero-order valence-electron chi connectivity index (χ0n) is 16.4. The van der Waals surface area contributed by atoms with E-state index in [2.05, 4.69) is 15.5 Å². The van der Waals surface area contributed by atoms with E-state index in [1.165, 1.54) is 19.3 Å². The van der Waals surface area contributed by atoms with Crippen molar-refractivity contribution in [2.45, 2.75) is 56.9 Å². The molecule has 2 aromatic rings. The summed E-state index contributed by atoms with van der Waals surface area (Å²) in [6, 6.07) is 8.38. The predicted molar refractivity (Wildman–Crippen MR) is 111 cm³/mol. The summed E-state index contributed by atoms with van der Waals surface area (Å²) >= 11 is 1.64. The maximum Gasteiger partial charge on any atom is 0.317 e. The quantitative estimate of drug-likeness (QED) is 0.824. The van der Waals surface area contributed by atoms with Gasteiger partial charge >= 0.3 is 6.03 Å². The summed E-state index contributed by atoms with van der Waals surface area (Å²) in [7, 11) is 1.68. The van der Waals surface area contributed by atoms with Crippen molar-refractivity contribution in [2.75, 3.05) is 20.2 Å². The lowest BCUT2D eigenvalue weighted by molar-refractivity contribution is 0.174. The van der Waals surface area contributed by atoms with Gasteiger partial charge in [-0.2, -0.15) is 0 Å². The molecule has 2 fully saturated rings. The number of ether oxygens (including phenoxy) is 1. The molecular weight excluding hydrogens is 372 g/mol. The Balaban J connectivity index is 1.34. The summed E-state index contributed by atoms with van der Waals surface area (Å²) in [6.45, 7) is 1.57. The molecule has 150 valence electrons. The smallest absolute Gasteiger partial charge is 0.317 e. The van der Waals surface area contributed by atoms with Crippen LogP contribution in [0.25, 0.3) is 10.6 Å². The minimum atomic E-state index is 0.109. The van der Waals surface area contributed by atoms with Crippen molar-refractivity contribution in [3.8, 4) is 16.3 Å². The fourth-order valence-electron chi connectivity index (χ4n) is 4.17. The highest BCUT2D eigenvalue weighted by molar-refractivity contribution is 7.14. The van der Waals surface area contributed by atoms with Crippen LogP contribution >= 0.6 is 11.3 Å². The number of aromatic nitrogens is 2. The highest BCUT2D eigenvalue weighted by atomic mass is 32.1. The minimum Gasteiger partial charge on any atom is -0.496 e. The number of likely N-dealkylation sites (tertiary alicyclic amines) is 1. The predicted octanol–water partition coefficient (Wildman–Crippen LogP) is 4.44. The molecule has 1 aliphatic carbocycles. The minimum absolute atomic E-state index is 0.109. The van der Waals surface area contributed by atoms with Crippen LogP contribution in [0.4, 0.5) is 4.79 Å². The van der Waals surface area contributed by atoms with Crippen LogP contribution in [0.5, 0.6) is 5.75 Å². The molecule has 0 bridgehead atoms. The maximum absolute atomic E-state index is 12.5. The van der Waals surface area contributed by atoms with Crippen molar-refractivity contribution >= 4 is 17.4 Å². The van der Waals surface area contributed by atoms with Gasteiger partial charge in [-0.05, 0) is 37.8 Å². The fraction of sp³-hybridized carbons (Fsp3) is 0.571. The Labute approximate surface area is 170 Å². The number of hydrogen-bond donors (Lipinski definition) is 1. The van der Waals surface area contributed by atoms with E-state index in [4.69, 9.17) is 4.74 Å². The number of para-hydroxylation sites is 1. The summed E-state index contributed by atoms with van der Waals surface area (Å²) in [5, 5.41) is 14.0. The molecule has 1 aromatic carbocycles. The average Bonchev–Trinajstić information content (AvgIpc) is 3.24. The number of piperidine rings is 1. The average molecular weight is 401 g/mol. The van der Waals surface area contributed by atoms with Crippen LogP contribution < -0.4 is 10.1 Å². The molecule has 0 radical (unpaired) electrons. The zero-order valence-corrected chi connectivity index (χ0v) is 17.2. The standard InChI is InChI=1S/C21H28N4O2S/c1-27-18-10-6-5-9-17(18)20-24-23-19(28-20)15-11-13-25(14-12-15)21(26)22-16-7-3-2-4-8-16/h5-6,9-10,15-16H,2-4,7-8,11-14H2,1H3,(H,22,26). The van der Waals surface area contributed by atoms with Crippen LogP contribution in [0.3, 0.4) is 0 Å². The molecule has 0 unspecified atom stereocenters. The second-order valence-corrected chi connectivity index (χ2v) is 8.70. The fourth-order valence-corrected chi connectivity index (χ4v) is 5.21. The van der Waals surface area contributed by atoms with Gasteiger partial charge in [0.1, 0.15) is 10.8 Å². The molecule has 2 heterocycles. The first-order chi connectivity index (χ1) is 13.7. The molecule has 4 rings (SSSR count). The van der Waals surface area contributed by atoms with E-state index in [1.807, 2.05) is 29.2 Å². The third kappa shape index (κ3) is 4.29. The molecule has 28 heavy (non-hydrogen) atoms. The number of methoxy groups -OCH3 is 1. The number of nitrogens with one attached hydrogen (secondary N) is 1. The zero-order chi connectivity index (χ0) is 19.3. The molecule has 1 aromatic heterocycles. The number of rotatable bonds is 4. The highest BCUT2D eigenvalue weighted by Gasteiger charge is 2.28. The number of benzene rings is 1. The Kier molecular flexibility index (Phi) is 6.10. The van der Waals surface area contributed by atoms with E-state index in [0.29, 0.717) is 12.0 Å². The van der Waals surface area contributed by atoms with E-state index < -0.39 is 0 Å². The molecule has 2 amide bonds. The summed E-state index contributed by atoms with van der Waals surface area (Å²) < 4.78 is 5.44. The molecular formula is C21H28N4O2S. The summed E-state index contributed by atoms with van der Waals surface area (Å²) in [6.07, 6.45) is 7.91. The number of nitrogens with zero attached hydrogens (tertiary/aromatic N) is 3. The number of carbonyl (C=O) groups excluding carboxylic acids is 1. The van der Waals surface area contributed by atoms with Gasteiger partial charge in [-0.1, -0.05) is 42.7 Å². The van der Waals surface area contributed by atoms with E-state index >= 15 is 0 Å². The number of urea groups is 1. The van der Waals surface area contributed by atoms with E-state index in [0.717, 1.165) is 60.1 Å². The lowest BCUT2D eigenvalue weighted by Gasteiger charge is -2.33. The van der Waals surface area contributed by atoms with Gasteiger partial charge in [0.05, 0.1) is 12.7 Å². The Morgan fingerprint density at radius 2 is 1.86 bits per heavy atom. The van der Waals surface area contributed by atoms with Crippen LogP contribution in [0.1, 0.15) is 55.9 Å². The van der Waals surface area contributed by atoms with Crippen molar-refractivity contribution in [3.05, 3.63) is 29.3 Å². The SMILES string of the molecule is COc1ccccc1-c1nnc(C2CCN(C(=O)NC3CCCCC3)CC2)s1. The number of carbonyl (C=O) groups is 1.